The first kappa shape index (κ1) is 17.5. The predicted octanol–water partition coefficient (Wildman–Crippen LogP) is 3.10. The fourth-order valence-electron chi connectivity index (χ4n) is 0.530. The molecular weight excluding hydrogens is 324 g/mol. The van der Waals surface area contributed by atoms with Crippen molar-refractivity contribution in [2.24, 2.45) is 0 Å². The summed E-state index contributed by atoms with van der Waals surface area (Å²) in [5.74, 6) is -8.60. The number of halogens is 9. The molecule has 0 bridgehead atoms. The van der Waals surface area contributed by atoms with E-state index in [0.29, 0.717) is 7.11 Å². The molecule has 0 radical (unpaired) electrons. The molecule has 3 nitrogen and oxygen atoms in total. The lowest BCUT2D eigenvalue weighted by Gasteiger charge is -2.30. The Balaban J connectivity index is 5.25. The zero-order valence-corrected chi connectivity index (χ0v) is 9.64. The number of hydrogen-bond acceptors (Lipinski definition) is 3. The molecule has 0 aliphatic heterocycles. The van der Waals surface area contributed by atoms with Crippen LogP contribution in [0.1, 0.15) is 0 Å². The highest BCUT2D eigenvalue weighted by Crippen LogP contribution is 2.47. The predicted molar refractivity (Wildman–Crippen MR) is 43.5 cm³/mol. The summed E-state index contributed by atoms with van der Waals surface area (Å²) in [6, 6.07) is 0. The molecular formula is C6H3Cl2F7O3. The van der Waals surface area contributed by atoms with E-state index in [1.54, 1.807) is 0 Å². The van der Waals surface area contributed by atoms with Crippen LogP contribution in [-0.2, 0) is 14.3 Å². The Morgan fingerprint density at radius 2 is 1.39 bits per heavy atom. The Hall–Kier alpha value is -0.480. The highest BCUT2D eigenvalue weighted by molar-refractivity contribution is 6.31. The summed E-state index contributed by atoms with van der Waals surface area (Å²) < 4.78 is 93.3. The number of ether oxygens (including phenoxy) is 2. The number of esters is 1. The Morgan fingerprint density at radius 3 is 1.67 bits per heavy atom. The molecule has 18 heavy (non-hydrogen) atoms. The highest BCUT2D eigenvalue weighted by Gasteiger charge is 2.71. The molecule has 0 aliphatic carbocycles. The van der Waals surface area contributed by atoms with Crippen molar-refractivity contribution in [3.63, 3.8) is 0 Å². The first-order valence-electron chi connectivity index (χ1n) is 3.68. The van der Waals surface area contributed by atoms with Crippen LogP contribution in [0.15, 0.2) is 0 Å². The van der Waals surface area contributed by atoms with Gasteiger partial charge in [0.15, 0.2) is 0 Å². The Bertz CT molecular complexity index is 328. The van der Waals surface area contributed by atoms with Crippen molar-refractivity contribution in [3.8, 4) is 0 Å². The van der Waals surface area contributed by atoms with Crippen molar-refractivity contribution in [2.75, 3.05) is 7.11 Å². The van der Waals surface area contributed by atoms with Crippen molar-refractivity contribution in [2.45, 2.75) is 22.7 Å². The number of rotatable bonds is 5. The van der Waals surface area contributed by atoms with Gasteiger partial charge in [-0.25, -0.2) is 4.79 Å². The van der Waals surface area contributed by atoms with Gasteiger partial charge in [0, 0.05) is 0 Å². The number of carbonyl (C=O) groups is 1. The van der Waals surface area contributed by atoms with E-state index in [9.17, 15) is 35.5 Å². The van der Waals surface area contributed by atoms with E-state index in [0.717, 1.165) is 0 Å². The fraction of sp³-hybridized carbons (Fsp3) is 0.833. The molecule has 0 heterocycles. The molecule has 12 heteroatoms. The summed E-state index contributed by atoms with van der Waals surface area (Å²) in [4.78, 5) is 10.3. The van der Waals surface area contributed by atoms with Crippen molar-refractivity contribution in [3.05, 3.63) is 0 Å². The first-order chi connectivity index (χ1) is 7.69. The van der Waals surface area contributed by atoms with Gasteiger partial charge in [0.05, 0.1) is 7.11 Å². The second-order valence-electron chi connectivity index (χ2n) is 2.70. The molecule has 0 fully saturated rings. The Labute approximate surface area is 105 Å². The third kappa shape index (κ3) is 3.29. The van der Waals surface area contributed by atoms with Gasteiger partial charge in [0.25, 0.3) is 0 Å². The maximum Gasteiger partial charge on any atom is 0.434 e. The van der Waals surface area contributed by atoms with Gasteiger partial charge in [-0.3, -0.25) is 4.74 Å². The molecule has 1 atom stereocenters. The monoisotopic (exact) mass is 326 g/mol. The standard InChI is InChI=1S/C6H3Cl2F7O3/c1-17-2(16)3(9,10)6(14,15)18-5(8,13)4(7,11)12/h1H3. The summed E-state index contributed by atoms with van der Waals surface area (Å²) in [6.45, 7) is 0. The van der Waals surface area contributed by atoms with Gasteiger partial charge < -0.3 is 4.74 Å². The fourth-order valence-corrected chi connectivity index (χ4v) is 0.665. The molecule has 0 aliphatic rings. The van der Waals surface area contributed by atoms with E-state index >= 15 is 0 Å². The first-order valence-corrected chi connectivity index (χ1v) is 4.43. The number of methoxy groups -OCH3 is 1. The van der Waals surface area contributed by atoms with Crippen LogP contribution in [0.2, 0.25) is 0 Å². The van der Waals surface area contributed by atoms with Crippen molar-refractivity contribution in [1.29, 1.82) is 0 Å². The van der Waals surface area contributed by atoms with Gasteiger partial charge in [0.2, 0.25) is 0 Å². The second-order valence-corrected chi connectivity index (χ2v) is 3.66. The highest BCUT2D eigenvalue weighted by atomic mass is 35.5. The summed E-state index contributed by atoms with van der Waals surface area (Å²) in [6.07, 6.45) is -6.02. The SMILES string of the molecule is COC(=O)C(F)(F)C(F)(F)OC(F)(Cl)C(F)(F)Cl. The maximum atomic E-state index is 12.7. The lowest BCUT2D eigenvalue weighted by atomic mass is 10.3. The van der Waals surface area contributed by atoms with Crippen LogP contribution in [0.4, 0.5) is 30.7 Å². The van der Waals surface area contributed by atoms with E-state index in [-0.39, 0.29) is 0 Å². The molecule has 1 unspecified atom stereocenters. The molecule has 0 N–H and O–H groups in total. The molecule has 0 saturated heterocycles. The van der Waals surface area contributed by atoms with Crippen LogP contribution >= 0.6 is 23.2 Å². The van der Waals surface area contributed by atoms with Crippen LogP contribution in [0.5, 0.6) is 0 Å². The van der Waals surface area contributed by atoms with Crippen LogP contribution in [0.3, 0.4) is 0 Å². The summed E-state index contributed by atoms with van der Waals surface area (Å²) in [5.41, 5.74) is 0. The summed E-state index contributed by atoms with van der Waals surface area (Å²) in [5, 5.41) is -10.4. The molecule has 0 aromatic carbocycles. The summed E-state index contributed by atoms with van der Waals surface area (Å²) >= 11 is 8.05. The van der Waals surface area contributed by atoms with Crippen molar-refractivity contribution < 1.29 is 45.0 Å². The van der Waals surface area contributed by atoms with Crippen LogP contribution < -0.4 is 0 Å². The second kappa shape index (κ2) is 4.89. The molecule has 0 spiro atoms. The minimum absolute atomic E-state index is 0.297. The number of hydrogen-bond donors (Lipinski definition) is 0. The van der Waals surface area contributed by atoms with Crippen molar-refractivity contribution >= 4 is 29.2 Å². The Kier molecular flexibility index (Phi) is 4.76. The van der Waals surface area contributed by atoms with Crippen LogP contribution in [0, 0.1) is 0 Å². The quantitative estimate of drug-likeness (QED) is 0.442. The topological polar surface area (TPSA) is 35.5 Å². The average molecular weight is 327 g/mol. The number of alkyl halides is 9. The minimum Gasteiger partial charge on any atom is -0.464 e. The van der Waals surface area contributed by atoms with E-state index in [1.807, 2.05) is 0 Å². The summed E-state index contributed by atoms with van der Waals surface area (Å²) in [7, 11) is 0.297. The molecule has 0 amide bonds. The van der Waals surface area contributed by atoms with E-state index < -0.39 is 28.7 Å². The maximum absolute atomic E-state index is 12.7. The molecule has 0 saturated carbocycles. The minimum atomic E-state index is -6.02. The lowest BCUT2D eigenvalue weighted by Crippen LogP contribution is -2.54. The van der Waals surface area contributed by atoms with Gasteiger partial charge in [-0.1, -0.05) is 0 Å². The third-order valence-corrected chi connectivity index (χ3v) is 2.05. The molecule has 0 aromatic heterocycles. The molecule has 108 valence electrons. The van der Waals surface area contributed by atoms with Crippen molar-refractivity contribution in [1.82, 2.24) is 0 Å². The van der Waals surface area contributed by atoms with Gasteiger partial charge in [-0.2, -0.15) is 30.7 Å². The molecule has 0 aromatic rings. The van der Waals surface area contributed by atoms with Crippen LogP contribution in [0.25, 0.3) is 0 Å². The van der Waals surface area contributed by atoms with Gasteiger partial charge >= 0.3 is 28.7 Å². The normalized spacial score (nSPS) is 17.2. The number of carbonyl (C=O) groups excluding carboxylic acids is 1. The average Bonchev–Trinajstić information content (AvgIpc) is 2.12. The van der Waals surface area contributed by atoms with Gasteiger partial charge in [-0.15, -0.1) is 0 Å². The lowest BCUT2D eigenvalue weighted by molar-refractivity contribution is -0.394. The zero-order valence-electron chi connectivity index (χ0n) is 8.13. The molecule has 0 rings (SSSR count). The smallest absolute Gasteiger partial charge is 0.434 e. The largest absolute Gasteiger partial charge is 0.464 e. The zero-order chi connectivity index (χ0) is 15.0. The third-order valence-electron chi connectivity index (χ3n) is 1.39. The van der Waals surface area contributed by atoms with E-state index in [4.69, 9.17) is 0 Å². The van der Waals surface area contributed by atoms with Gasteiger partial charge in [0.1, 0.15) is 0 Å². The van der Waals surface area contributed by atoms with E-state index in [2.05, 4.69) is 32.7 Å². The van der Waals surface area contributed by atoms with Gasteiger partial charge in [-0.05, 0) is 23.2 Å². The van der Waals surface area contributed by atoms with Crippen LogP contribution in [-0.4, -0.2) is 35.8 Å². The van der Waals surface area contributed by atoms with E-state index in [1.165, 1.54) is 0 Å². The Morgan fingerprint density at radius 1 is 1.00 bits per heavy atom.